The lowest BCUT2D eigenvalue weighted by Crippen LogP contribution is -2.35. The molecule has 0 unspecified atom stereocenters. The van der Waals surface area contributed by atoms with Crippen LogP contribution < -0.4 is 5.32 Å². The Labute approximate surface area is 103 Å². The molecule has 2 rings (SSSR count). The number of hydrogen-bond acceptors (Lipinski definition) is 3. The second kappa shape index (κ2) is 4.89. The fourth-order valence-corrected chi connectivity index (χ4v) is 2.29. The highest BCUT2D eigenvalue weighted by molar-refractivity contribution is 5.28. The van der Waals surface area contributed by atoms with Gasteiger partial charge in [0, 0.05) is 17.8 Å². The Morgan fingerprint density at radius 3 is 2.72 bits per heavy atom. The SMILES string of the molecule is Cc1nn(CC(F)(F)F)c(C)c1[C@@H]1COCCN1. The standard InChI is InChI=1S/C11H16F3N3O/c1-7-10(9-5-18-4-3-15-9)8(2)17(16-7)6-11(12,13)14/h9,15H,3-6H2,1-2H3/t9-/m0/s1. The summed E-state index contributed by atoms with van der Waals surface area (Å²) in [5.41, 5.74) is 1.99. The maximum absolute atomic E-state index is 12.4. The predicted octanol–water partition coefficient (Wildman–Crippen LogP) is 1.72. The monoisotopic (exact) mass is 263 g/mol. The number of rotatable bonds is 2. The lowest BCUT2D eigenvalue weighted by atomic mass is 10.0. The van der Waals surface area contributed by atoms with E-state index < -0.39 is 12.7 Å². The van der Waals surface area contributed by atoms with E-state index in [1.807, 2.05) is 0 Å². The molecule has 0 saturated carbocycles. The van der Waals surface area contributed by atoms with Crippen molar-refractivity contribution in [1.82, 2.24) is 15.1 Å². The van der Waals surface area contributed by atoms with Gasteiger partial charge in [-0.15, -0.1) is 0 Å². The van der Waals surface area contributed by atoms with E-state index in [1.165, 1.54) is 0 Å². The van der Waals surface area contributed by atoms with Gasteiger partial charge in [0.1, 0.15) is 6.54 Å². The third kappa shape index (κ3) is 2.84. The number of aryl methyl sites for hydroxylation is 1. The third-order valence-corrected chi connectivity index (χ3v) is 3.04. The first-order valence-corrected chi connectivity index (χ1v) is 5.80. The first-order valence-electron chi connectivity index (χ1n) is 5.80. The molecule has 0 bridgehead atoms. The average molecular weight is 263 g/mol. The molecule has 4 nitrogen and oxygen atoms in total. The van der Waals surface area contributed by atoms with Crippen LogP contribution in [0.25, 0.3) is 0 Å². The van der Waals surface area contributed by atoms with Crippen LogP contribution in [0, 0.1) is 13.8 Å². The maximum Gasteiger partial charge on any atom is 0.408 e. The van der Waals surface area contributed by atoms with Crippen molar-refractivity contribution in [2.45, 2.75) is 32.6 Å². The topological polar surface area (TPSA) is 39.1 Å². The minimum absolute atomic E-state index is 0.0688. The summed E-state index contributed by atoms with van der Waals surface area (Å²) in [5.74, 6) is 0. The van der Waals surface area contributed by atoms with Gasteiger partial charge in [-0.25, -0.2) is 0 Å². The molecular formula is C11H16F3N3O. The van der Waals surface area contributed by atoms with Crippen LogP contribution in [-0.4, -0.2) is 35.7 Å². The van der Waals surface area contributed by atoms with Crippen molar-refractivity contribution in [2.24, 2.45) is 0 Å². The molecule has 0 aliphatic carbocycles. The van der Waals surface area contributed by atoms with Crippen LogP contribution in [0.3, 0.4) is 0 Å². The minimum atomic E-state index is -4.25. The number of aromatic nitrogens is 2. The lowest BCUT2D eigenvalue weighted by Gasteiger charge is -2.24. The normalized spacial score (nSPS) is 21.3. The number of hydrogen-bond donors (Lipinski definition) is 1. The molecule has 1 aromatic heterocycles. The van der Waals surface area contributed by atoms with Gasteiger partial charge >= 0.3 is 6.18 Å². The van der Waals surface area contributed by atoms with E-state index >= 15 is 0 Å². The molecule has 1 aliphatic rings. The molecule has 1 N–H and O–H groups in total. The number of morpholine rings is 1. The van der Waals surface area contributed by atoms with E-state index in [9.17, 15) is 13.2 Å². The number of nitrogens with one attached hydrogen (secondary N) is 1. The van der Waals surface area contributed by atoms with E-state index in [0.29, 0.717) is 31.1 Å². The van der Waals surface area contributed by atoms with E-state index in [2.05, 4.69) is 10.4 Å². The van der Waals surface area contributed by atoms with Gasteiger partial charge in [0.25, 0.3) is 0 Å². The second-order valence-corrected chi connectivity index (χ2v) is 4.44. The summed E-state index contributed by atoms with van der Waals surface area (Å²) in [4.78, 5) is 0. The molecule has 0 spiro atoms. The highest BCUT2D eigenvalue weighted by Gasteiger charge is 2.31. The Balaban J connectivity index is 2.25. The summed E-state index contributed by atoms with van der Waals surface area (Å²) in [6.07, 6.45) is -4.25. The van der Waals surface area contributed by atoms with Crippen LogP contribution in [0.4, 0.5) is 13.2 Å². The van der Waals surface area contributed by atoms with E-state index in [4.69, 9.17) is 4.74 Å². The van der Waals surface area contributed by atoms with E-state index in [-0.39, 0.29) is 6.04 Å². The molecule has 102 valence electrons. The summed E-state index contributed by atoms with van der Waals surface area (Å²) < 4.78 is 43.6. The van der Waals surface area contributed by atoms with Gasteiger partial charge in [-0.05, 0) is 13.8 Å². The van der Waals surface area contributed by atoms with Crippen molar-refractivity contribution < 1.29 is 17.9 Å². The molecule has 1 aromatic rings. The third-order valence-electron chi connectivity index (χ3n) is 3.04. The van der Waals surface area contributed by atoms with Crippen LogP contribution in [-0.2, 0) is 11.3 Å². The van der Waals surface area contributed by atoms with Crippen molar-refractivity contribution in [3.63, 3.8) is 0 Å². The summed E-state index contributed by atoms with van der Waals surface area (Å²) in [5, 5.41) is 7.21. The van der Waals surface area contributed by atoms with Gasteiger partial charge in [0.05, 0.1) is 24.9 Å². The predicted molar refractivity (Wildman–Crippen MR) is 59.3 cm³/mol. The first kappa shape index (κ1) is 13.4. The highest BCUT2D eigenvalue weighted by atomic mass is 19.4. The Morgan fingerprint density at radius 1 is 1.44 bits per heavy atom. The quantitative estimate of drug-likeness (QED) is 0.883. The number of halogens is 3. The fourth-order valence-electron chi connectivity index (χ4n) is 2.29. The van der Waals surface area contributed by atoms with Crippen LogP contribution in [0.15, 0.2) is 0 Å². The van der Waals surface area contributed by atoms with Crippen molar-refractivity contribution in [2.75, 3.05) is 19.8 Å². The highest BCUT2D eigenvalue weighted by Crippen LogP contribution is 2.26. The van der Waals surface area contributed by atoms with Crippen LogP contribution in [0.2, 0.25) is 0 Å². The molecule has 7 heteroatoms. The lowest BCUT2D eigenvalue weighted by molar-refractivity contribution is -0.143. The van der Waals surface area contributed by atoms with Crippen molar-refractivity contribution in [3.05, 3.63) is 17.0 Å². The summed E-state index contributed by atoms with van der Waals surface area (Å²) >= 11 is 0. The van der Waals surface area contributed by atoms with Crippen molar-refractivity contribution in [3.8, 4) is 0 Å². The van der Waals surface area contributed by atoms with Gasteiger partial charge < -0.3 is 10.1 Å². The molecule has 1 fully saturated rings. The van der Waals surface area contributed by atoms with Crippen molar-refractivity contribution >= 4 is 0 Å². The second-order valence-electron chi connectivity index (χ2n) is 4.44. The Bertz CT molecular complexity index is 422. The summed E-state index contributed by atoms with van der Waals surface area (Å²) in [7, 11) is 0. The van der Waals surface area contributed by atoms with Crippen LogP contribution in [0.5, 0.6) is 0 Å². The Morgan fingerprint density at radius 2 is 2.17 bits per heavy atom. The first-order chi connectivity index (χ1) is 8.38. The van der Waals surface area contributed by atoms with Crippen LogP contribution >= 0.6 is 0 Å². The van der Waals surface area contributed by atoms with Gasteiger partial charge in [-0.3, -0.25) is 4.68 Å². The zero-order valence-electron chi connectivity index (χ0n) is 10.3. The Hall–Kier alpha value is -1.08. The van der Waals surface area contributed by atoms with Crippen LogP contribution in [0.1, 0.15) is 23.0 Å². The molecule has 1 atom stereocenters. The summed E-state index contributed by atoms with van der Waals surface area (Å²) in [6.45, 7) is 4.15. The maximum atomic E-state index is 12.4. The van der Waals surface area contributed by atoms with Crippen molar-refractivity contribution in [1.29, 1.82) is 0 Å². The fraction of sp³-hybridized carbons (Fsp3) is 0.727. The minimum Gasteiger partial charge on any atom is -0.378 e. The number of ether oxygens (including phenoxy) is 1. The Kier molecular flexibility index (Phi) is 3.63. The summed E-state index contributed by atoms with van der Waals surface area (Å²) in [6, 6.07) is -0.0688. The molecular weight excluding hydrogens is 247 g/mol. The molecule has 0 amide bonds. The van der Waals surface area contributed by atoms with Gasteiger partial charge in [-0.2, -0.15) is 18.3 Å². The zero-order valence-corrected chi connectivity index (χ0v) is 10.3. The van der Waals surface area contributed by atoms with Gasteiger partial charge in [0.15, 0.2) is 0 Å². The molecule has 1 aliphatic heterocycles. The van der Waals surface area contributed by atoms with Gasteiger partial charge in [-0.1, -0.05) is 0 Å². The zero-order chi connectivity index (χ0) is 13.3. The molecule has 1 saturated heterocycles. The van der Waals surface area contributed by atoms with Gasteiger partial charge in [0.2, 0.25) is 0 Å². The van der Waals surface area contributed by atoms with E-state index in [1.54, 1.807) is 13.8 Å². The molecule has 0 aromatic carbocycles. The molecule has 2 heterocycles. The number of alkyl halides is 3. The average Bonchev–Trinajstić information content (AvgIpc) is 2.53. The largest absolute Gasteiger partial charge is 0.408 e. The molecule has 0 radical (unpaired) electrons. The van der Waals surface area contributed by atoms with E-state index in [0.717, 1.165) is 10.2 Å². The molecule has 18 heavy (non-hydrogen) atoms. The number of nitrogens with zero attached hydrogens (tertiary/aromatic N) is 2. The smallest absolute Gasteiger partial charge is 0.378 e.